The highest BCUT2D eigenvalue weighted by atomic mass is 35.5. The number of hydrogen-bond donors (Lipinski definition) is 1. The summed E-state index contributed by atoms with van der Waals surface area (Å²) in [5, 5.41) is 4.05. The van der Waals surface area contributed by atoms with Crippen LogP contribution in [0.25, 0.3) is 0 Å². The minimum absolute atomic E-state index is 0. The van der Waals surface area contributed by atoms with Gasteiger partial charge in [-0.05, 0) is 24.7 Å². The Morgan fingerprint density at radius 3 is 2.79 bits per heavy atom. The minimum atomic E-state index is 0. The van der Waals surface area contributed by atoms with Crippen molar-refractivity contribution in [2.45, 2.75) is 45.2 Å². The average Bonchev–Trinajstić information content (AvgIpc) is 2.98. The molecule has 0 aromatic carbocycles. The lowest BCUT2D eigenvalue weighted by atomic mass is 9.98. The molecule has 1 aromatic rings. The van der Waals surface area contributed by atoms with E-state index in [0.717, 1.165) is 37.3 Å². The van der Waals surface area contributed by atoms with Gasteiger partial charge in [-0.3, -0.25) is 4.90 Å². The normalized spacial score (nSPS) is 30.6. The van der Waals surface area contributed by atoms with E-state index in [4.69, 9.17) is 10.3 Å². The van der Waals surface area contributed by atoms with Gasteiger partial charge in [-0.2, -0.15) is 4.98 Å². The summed E-state index contributed by atoms with van der Waals surface area (Å²) in [6.45, 7) is 7.17. The summed E-state index contributed by atoms with van der Waals surface area (Å²) in [5.41, 5.74) is 6.14. The van der Waals surface area contributed by atoms with E-state index in [9.17, 15) is 0 Å². The fraction of sp³-hybridized carbons (Fsp3) is 0.846. The fourth-order valence-electron chi connectivity index (χ4n) is 3.30. The fourth-order valence-corrected chi connectivity index (χ4v) is 3.30. The molecule has 3 rings (SSSR count). The van der Waals surface area contributed by atoms with Crippen molar-refractivity contribution in [2.24, 2.45) is 17.6 Å². The molecule has 1 aromatic heterocycles. The van der Waals surface area contributed by atoms with Crippen molar-refractivity contribution in [2.75, 3.05) is 13.1 Å². The number of nitrogens with zero attached hydrogens (tertiary/aromatic N) is 3. The Hall–Kier alpha value is -0.650. The van der Waals surface area contributed by atoms with Crippen molar-refractivity contribution in [3.8, 4) is 0 Å². The number of hydrogen-bond acceptors (Lipinski definition) is 5. The molecule has 1 saturated heterocycles. The van der Waals surface area contributed by atoms with Crippen LogP contribution < -0.4 is 5.73 Å². The average molecular weight is 287 g/mol. The maximum absolute atomic E-state index is 6.14. The second-order valence-electron chi connectivity index (χ2n) is 6.06. The third-order valence-electron chi connectivity index (χ3n) is 4.33. The van der Waals surface area contributed by atoms with Crippen LogP contribution in [0, 0.1) is 11.8 Å². The van der Waals surface area contributed by atoms with Crippen LogP contribution in [0.2, 0.25) is 0 Å². The first-order valence-corrected chi connectivity index (χ1v) is 6.94. The maximum atomic E-state index is 6.14. The van der Waals surface area contributed by atoms with Gasteiger partial charge in [0.1, 0.15) is 0 Å². The summed E-state index contributed by atoms with van der Waals surface area (Å²) < 4.78 is 5.24. The smallest absolute Gasteiger partial charge is 0.229 e. The number of rotatable bonds is 3. The predicted octanol–water partition coefficient (Wildman–Crippen LogP) is 1.78. The summed E-state index contributed by atoms with van der Waals surface area (Å²) >= 11 is 0. The van der Waals surface area contributed by atoms with Crippen molar-refractivity contribution in [3.63, 3.8) is 0 Å². The number of aromatic nitrogens is 2. The van der Waals surface area contributed by atoms with Crippen molar-refractivity contribution < 1.29 is 4.52 Å². The molecule has 5 nitrogen and oxygen atoms in total. The minimum Gasteiger partial charge on any atom is -0.339 e. The van der Waals surface area contributed by atoms with Crippen LogP contribution in [0.5, 0.6) is 0 Å². The van der Waals surface area contributed by atoms with E-state index in [1.54, 1.807) is 0 Å². The molecule has 2 N–H and O–H groups in total. The van der Waals surface area contributed by atoms with Crippen molar-refractivity contribution >= 4 is 12.4 Å². The highest BCUT2D eigenvalue weighted by molar-refractivity contribution is 5.85. The molecule has 0 bridgehead atoms. The van der Waals surface area contributed by atoms with Crippen molar-refractivity contribution in [1.29, 1.82) is 0 Å². The largest absolute Gasteiger partial charge is 0.339 e. The molecule has 3 atom stereocenters. The Morgan fingerprint density at radius 1 is 1.37 bits per heavy atom. The maximum Gasteiger partial charge on any atom is 0.229 e. The van der Waals surface area contributed by atoms with E-state index in [2.05, 4.69) is 28.9 Å². The van der Waals surface area contributed by atoms with Gasteiger partial charge < -0.3 is 10.3 Å². The van der Waals surface area contributed by atoms with Crippen LogP contribution in [0.1, 0.15) is 44.3 Å². The molecule has 6 heteroatoms. The summed E-state index contributed by atoms with van der Waals surface area (Å²) in [6.07, 6.45) is 2.48. The zero-order valence-corrected chi connectivity index (χ0v) is 12.4. The number of likely N-dealkylation sites (tertiary alicyclic amines) is 1. The lowest BCUT2D eigenvalue weighted by molar-refractivity contribution is 0.283. The van der Waals surface area contributed by atoms with Gasteiger partial charge in [0, 0.05) is 25.0 Å². The molecular weight excluding hydrogens is 264 g/mol. The molecule has 0 amide bonds. The monoisotopic (exact) mass is 286 g/mol. The molecule has 2 fully saturated rings. The molecule has 0 spiro atoms. The first kappa shape index (κ1) is 14.8. The zero-order chi connectivity index (χ0) is 12.7. The Labute approximate surface area is 120 Å². The van der Waals surface area contributed by atoms with E-state index in [1.165, 1.54) is 12.8 Å². The van der Waals surface area contributed by atoms with Crippen LogP contribution in [-0.2, 0) is 6.54 Å². The molecule has 1 aliphatic heterocycles. The lowest BCUT2D eigenvalue weighted by Gasteiger charge is -2.16. The van der Waals surface area contributed by atoms with Gasteiger partial charge in [-0.15, -0.1) is 12.4 Å². The molecule has 0 radical (unpaired) electrons. The molecule has 3 unspecified atom stereocenters. The van der Waals surface area contributed by atoms with Crippen molar-refractivity contribution in [3.05, 3.63) is 11.7 Å². The third-order valence-corrected chi connectivity index (χ3v) is 4.33. The number of halogens is 1. The molecular formula is C13H23ClN4O. The first-order valence-electron chi connectivity index (χ1n) is 6.94. The van der Waals surface area contributed by atoms with Crippen LogP contribution >= 0.6 is 12.4 Å². The van der Waals surface area contributed by atoms with E-state index in [0.29, 0.717) is 17.9 Å². The Kier molecular flexibility index (Phi) is 4.48. The molecule has 2 heterocycles. The van der Waals surface area contributed by atoms with Crippen molar-refractivity contribution in [1.82, 2.24) is 15.0 Å². The van der Waals surface area contributed by atoms with Gasteiger partial charge in [0.2, 0.25) is 5.89 Å². The van der Waals surface area contributed by atoms with Crippen LogP contribution in [0.15, 0.2) is 4.52 Å². The van der Waals surface area contributed by atoms with Gasteiger partial charge in [-0.1, -0.05) is 19.0 Å². The molecule has 19 heavy (non-hydrogen) atoms. The van der Waals surface area contributed by atoms with E-state index in [-0.39, 0.29) is 12.4 Å². The van der Waals surface area contributed by atoms with Gasteiger partial charge in [-0.25, -0.2) is 0 Å². The summed E-state index contributed by atoms with van der Waals surface area (Å²) in [6, 6.07) is 0.400. The van der Waals surface area contributed by atoms with Gasteiger partial charge in [0.15, 0.2) is 5.82 Å². The van der Waals surface area contributed by atoms with E-state index < -0.39 is 0 Å². The van der Waals surface area contributed by atoms with Gasteiger partial charge >= 0.3 is 0 Å². The van der Waals surface area contributed by atoms with Crippen LogP contribution in [-0.4, -0.2) is 34.2 Å². The summed E-state index contributed by atoms with van der Waals surface area (Å²) in [5.74, 6) is 3.32. The van der Waals surface area contributed by atoms with Crippen LogP contribution in [0.3, 0.4) is 0 Å². The molecule has 108 valence electrons. The van der Waals surface area contributed by atoms with Gasteiger partial charge in [0.25, 0.3) is 0 Å². The number of fused-ring (bicyclic) bond motifs is 1. The predicted molar refractivity (Wildman–Crippen MR) is 75.1 cm³/mol. The second kappa shape index (κ2) is 5.77. The molecule has 1 aliphatic carbocycles. The quantitative estimate of drug-likeness (QED) is 0.917. The Balaban J connectivity index is 0.00000133. The second-order valence-corrected chi connectivity index (χ2v) is 6.06. The number of nitrogens with two attached hydrogens (primary N) is 1. The van der Waals surface area contributed by atoms with E-state index in [1.807, 2.05) is 0 Å². The summed E-state index contributed by atoms with van der Waals surface area (Å²) in [7, 11) is 0. The SMILES string of the molecule is CC(C)c1nc(CN2CC3CCC(N)C3C2)no1.Cl. The van der Waals surface area contributed by atoms with E-state index >= 15 is 0 Å². The highest BCUT2D eigenvalue weighted by Crippen LogP contribution is 2.37. The van der Waals surface area contributed by atoms with Crippen LogP contribution in [0.4, 0.5) is 0 Å². The standard InChI is InChI=1S/C13H22N4O.ClH/c1-8(2)13-15-12(16-18-13)7-17-5-9-3-4-11(14)10(9)6-17;/h8-11H,3-7,14H2,1-2H3;1H. The lowest BCUT2D eigenvalue weighted by Crippen LogP contribution is -2.30. The molecule has 1 saturated carbocycles. The Bertz CT molecular complexity index is 423. The first-order chi connectivity index (χ1) is 8.63. The Morgan fingerprint density at radius 2 is 2.16 bits per heavy atom. The van der Waals surface area contributed by atoms with Gasteiger partial charge in [0.05, 0.1) is 6.54 Å². The molecule has 2 aliphatic rings. The topological polar surface area (TPSA) is 68.2 Å². The highest BCUT2D eigenvalue weighted by Gasteiger charge is 2.41. The zero-order valence-electron chi connectivity index (χ0n) is 11.6. The summed E-state index contributed by atoms with van der Waals surface area (Å²) in [4.78, 5) is 6.86. The third kappa shape index (κ3) is 2.93.